The molecule has 1 aliphatic heterocycles. The highest BCUT2D eigenvalue weighted by atomic mass is 16.3. The second-order valence-electron chi connectivity index (χ2n) is 7.01. The van der Waals surface area contributed by atoms with Crippen LogP contribution in [0.15, 0.2) is 47.1 Å². The predicted molar refractivity (Wildman–Crippen MR) is 104 cm³/mol. The lowest BCUT2D eigenvalue weighted by Gasteiger charge is -2.14. The van der Waals surface area contributed by atoms with Gasteiger partial charge in [0.05, 0.1) is 12.2 Å². The van der Waals surface area contributed by atoms with E-state index < -0.39 is 0 Å². The molecule has 5 rings (SSSR count). The molecule has 0 bridgehead atoms. The number of hydrogen-bond donors (Lipinski definition) is 1. The van der Waals surface area contributed by atoms with Crippen LogP contribution >= 0.6 is 0 Å². The van der Waals surface area contributed by atoms with Crippen LogP contribution < -0.4 is 5.73 Å². The normalized spacial score (nSPS) is 17.0. The number of nitrogens with two attached hydrogens (primary N) is 1. The molecule has 1 saturated heterocycles. The quantitative estimate of drug-likeness (QED) is 0.585. The maximum atomic E-state index is 12.9. The number of para-hydroxylation sites is 1. The van der Waals surface area contributed by atoms with Gasteiger partial charge in [0, 0.05) is 43.3 Å². The smallest absolute Gasteiger partial charge is 0.289 e. The Morgan fingerprint density at radius 2 is 2.11 bits per heavy atom. The molecular weight excluding hydrogens is 356 g/mol. The Hall–Kier alpha value is -3.26. The highest BCUT2D eigenvalue weighted by Crippen LogP contribution is 2.31. The molecule has 4 heterocycles. The van der Waals surface area contributed by atoms with Gasteiger partial charge in [0.1, 0.15) is 11.1 Å². The van der Waals surface area contributed by atoms with Crippen LogP contribution in [0.1, 0.15) is 28.6 Å². The standard InChI is InChI=1S/C20H20N6O2/c21-6-10-26-19-18(22-7-8-23-19)17(24-26)14-5-9-25(12-14)20(27)16-11-13-3-1-2-4-15(13)28-16/h1-4,7-8,11,14H,5-6,9-10,12,21H2. The SMILES string of the molecule is NCCn1nc(C2CCN(C(=O)c3cc4ccccc4o3)C2)c2nccnc21. The number of carbonyl (C=O) groups excluding carboxylic acids is 1. The number of furan rings is 1. The molecule has 0 spiro atoms. The van der Waals surface area contributed by atoms with Crippen molar-refractivity contribution in [3.8, 4) is 0 Å². The second-order valence-corrected chi connectivity index (χ2v) is 7.01. The molecule has 0 radical (unpaired) electrons. The van der Waals surface area contributed by atoms with Gasteiger partial charge in [-0.15, -0.1) is 0 Å². The van der Waals surface area contributed by atoms with Crippen LogP contribution in [0.5, 0.6) is 0 Å². The summed E-state index contributed by atoms with van der Waals surface area (Å²) in [6, 6.07) is 9.45. The van der Waals surface area contributed by atoms with Gasteiger partial charge < -0.3 is 15.1 Å². The van der Waals surface area contributed by atoms with Crippen LogP contribution in [-0.4, -0.2) is 50.2 Å². The maximum Gasteiger partial charge on any atom is 0.289 e. The third kappa shape index (κ3) is 2.73. The Balaban J connectivity index is 1.41. The molecule has 8 nitrogen and oxygen atoms in total. The molecule has 2 N–H and O–H groups in total. The molecule has 3 aromatic heterocycles. The lowest BCUT2D eigenvalue weighted by molar-refractivity contribution is 0.0761. The number of rotatable bonds is 4. The lowest BCUT2D eigenvalue weighted by atomic mass is 10.0. The van der Waals surface area contributed by atoms with E-state index in [4.69, 9.17) is 15.2 Å². The number of likely N-dealkylation sites (tertiary alicyclic amines) is 1. The van der Waals surface area contributed by atoms with E-state index >= 15 is 0 Å². The average Bonchev–Trinajstić information content (AvgIpc) is 3.44. The monoisotopic (exact) mass is 376 g/mol. The van der Waals surface area contributed by atoms with Crippen LogP contribution in [0.25, 0.3) is 22.1 Å². The van der Waals surface area contributed by atoms with E-state index in [1.807, 2.05) is 35.2 Å². The number of hydrogen-bond acceptors (Lipinski definition) is 6. The van der Waals surface area contributed by atoms with Gasteiger partial charge in [-0.1, -0.05) is 18.2 Å². The van der Waals surface area contributed by atoms with Crippen LogP contribution in [-0.2, 0) is 6.54 Å². The van der Waals surface area contributed by atoms with E-state index in [2.05, 4.69) is 9.97 Å². The number of carbonyl (C=O) groups is 1. The summed E-state index contributed by atoms with van der Waals surface area (Å²) in [6.45, 7) is 2.31. The van der Waals surface area contributed by atoms with Crippen molar-refractivity contribution < 1.29 is 9.21 Å². The minimum absolute atomic E-state index is 0.0875. The first-order chi connectivity index (χ1) is 13.7. The van der Waals surface area contributed by atoms with Crippen molar-refractivity contribution in [2.24, 2.45) is 5.73 Å². The fourth-order valence-electron chi connectivity index (χ4n) is 3.89. The van der Waals surface area contributed by atoms with E-state index in [9.17, 15) is 4.79 Å². The van der Waals surface area contributed by atoms with E-state index in [1.165, 1.54) is 0 Å². The molecule has 28 heavy (non-hydrogen) atoms. The van der Waals surface area contributed by atoms with Gasteiger partial charge in [-0.3, -0.25) is 4.79 Å². The molecule has 0 aliphatic carbocycles. The summed E-state index contributed by atoms with van der Waals surface area (Å²) in [5, 5.41) is 5.65. The zero-order chi connectivity index (χ0) is 19.1. The van der Waals surface area contributed by atoms with Crippen molar-refractivity contribution >= 4 is 28.0 Å². The van der Waals surface area contributed by atoms with Crippen molar-refractivity contribution in [3.05, 3.63) is 54.2 Å². The predicted octanol–water partition coefficient (Wildman–Crippen LogP) is 2.16. The number of amides is 1. The van der Waals surface area contributed by atoms with Crippen LogP contribution in [0.2, 0.25) is 0 Å². The third-order valence-corrected chi connectivity index (χ3v) is 5.23. The fourth-order valence-corrected chi connectivity index (χ4v) is 3.89. The van der Waals surface area contributed by atoms with Gasteiger partial charge in [0.15, 0.2) is 11.4 Å². The molecule has 0 saturated carbocycles. The molecule has 4 aromatic rings. The van der Waals surface area contributed by atoms with Crippen LogP contribution in [0, 0.1) is 0 Å². The lowest BCUT2D eigenvalue weighted by Crippen LogP contribution is -2.28. The van der Waals surface area contributed by atoms with Gasteiger partial charge in [0.25, 0.3) is 5.91 Å². The summed E-state index contributed by atoms with van der Waals surface area (Å²) in [6.07, 6.45) is 4.16. The molecule has 8 heteroatoms. The van der Waals surface area contributed by atoms with Gasteiger partial charge in [-0.2, -0.15) is 5.10 Å². The molecule has 1 fully saturated rings. The summed E-state index contributed by atoms with van der Waals surface area (Å²) in [5.41, 5.74) is 8.84. The zero-order valence-corrected chi connectivity index (χ0v) is 15.3. The highest BCUT2D eigenvalue weighted by Gasteiger charge is 2.33. The van der Waals surface area contributed by atoms with Crippen LogP contribution in [0.3, 0.4) is 0 Å². The topological polar surface area (TPSA) is 103 Å². The maximum absolute atomic E-state index is 12.9. The number of fused-ring (bicyclic) bond motifs is 2. The van der Waals surface area contributed by atoms with Crippen molar-refractivity contribution in [2.45, 2.75) is 18.9 Å². The summed E-state index contributed by atoms with van der Waals surface area (Å²) < 4.78 is 7.55. The summed E-state index contributed by atoms with van der Waals surface area (Å²) in [4.78, 5) is 23.6. The first kappa shape index (κ1) is 16.9. The minimum Gasteiger partial charge on any atom is -0.451 e. The largest absolute Gasteiger partial charge is 0.451 e. The molecule has 1 atom stereocenters. The Bertz CT molecular complexity index is 1130. The van der Waals surface area contributed by atoms with E-state index in [0.717, 1.165) is 34.2 Å². The number of benzene rings is 1. The zero-order valence-electron chi connectivity index (χ0n) is 15.3. The summed E-state index contributed by atoms with van der Waals surface area (Å²) in [7, 11) is 0. The van der Waals surface area contributed by atoms with Crippen molar-refractivity contribution in [3.63, 3.8) is 0 Å². The van der Waals surface area contributed by atoms with E-state index in [-0.39, 0.29) is 11.8 Å². The molecule has 1 amide bonds. The fraction of sp³-hybridized carbons (Fsp3) is 0.300. The molecule has 1 unspecified atom stereocenters. The molecular formula is C20H20N6O2. The molecule has 1 aliphatic rings. The Morgan fingerprint density at radius 1 is 1.25 bits per heavy atom. The van der Waals surface area contributed by atoms with Gasteiger partial charge >= 0.3 is 0 Å². The minimum atomic E-state index is -0.0875. The number of aromatic nitrogens is 4. The summed E-state index contributed by atoms with van der Waals surface area (Å²) in [5.74, 6) is 0.405. The Kier molecular flexibility index (Phi) is 4.05. The van der Waals surface area contributed by atoms with E-state index in [1.54, 1.807) is 17.1 Å². The van der Waals surface area contributed by atoms with Gasteiger partial charge in [-0.25, -0.2) is 14.6 Å². The molecule has 142 valence electrons. The van der Waals surface area contributed by atoms with Crippen molar-refractivity contribution in [1.29, 1.82) is 0 Å². The number of nitrogens with zero attached hydrogens (tertiary/aromatic N) is 5. The van der Waals surface area contributed by atoms with Gasteiger partial charge in [0.2, 0.25) is 0 Å². The Labute approximate surface area is 161 Å². The second kappa shape index (κ2) is 6.72. The van der Waals surface area contributed by atoms with E-state index in [0.29, 0.717) is 31.9 Å². The van der Waals surface area contributed by atoms with Gasteiger partial charge in [-0.05, 0) is 18.6 Å². The third-order valence-electron chi connectivity index (χ3n) is 5.23. The Morgan fingerprint density at radius 3 is 2.96 bits per heavy atom. The average molecular weight is 376 g/mol. The van der Waals surface area contributed by atoms with Crippen molar-refractivity contribution in [2.75, 3.05) is 19.6 Å². The highest BCUT2D eigenvalue weighted by molar-refractivity contribution is 5.96. The molecule has 1 aromatic carbocycles. The summed E-state index contributed by atoms with van der Waals surface area (Å²) >= 11 is 0. The first-order valence-electron chi connectivity index (χ1n) is 9.40. The first-order valence-corrected chi connectivity index (χ1v) is 9.40. The van der Waals surface area contributed by atoms with Crippen LogP contribution in [0.4, 0.5) is 0 Å². The van der Waals surface area contributed by atoms with Crippen molar-refractivity contribution in [1.82, 2.24) is 24.6 Å².